The van der Waals surface area contributed by atoms with E-state index >= 15 is 0 Å². The standard InChI is InChI=1S/C18H28N2O2/c1-20(2)16-10-6-9-15(13-16)18(22)19-17(11-12-21)14-7-4-3-5-8-14/h6,9-10,13-14,17,21H,3-5,7-8,11-12H2,1-2H3,(H,19,22). The SMILES string of the molecule is CN(C)c1cccc(C(=O)NC(CCO)C2CCCCC2)c1. The fourth-order valence-corrected chi connectivity index (χ4v) is 3.28. The highest BCUT2D eigenvalue weighted by atomic mass is 16.3. The predicted molar refractivity (Wildman–Crippen MR) is 90.3 cm³/mol. The lowest BCUT2D eigenvalue weighted by Crippen LogP contribution is -2.41. The Morgan fingerprint density at radius 3 is 2.68 bits per heavy atom. The molecule has 4 nitrogen and oxygen atoms in total. The first-order chi connectivity index (χ1) is 10.6. The summed E-state index contributed by atoms with van der Waals surface area (Å²) in [6, 6.07) is 7.74. The smallest absolute Gasteiger partial charge is 0.251 e. The van der Waals surface area contributed by atoms with Gasteiger partial charge in [-0.3, -0.25) is 4.79 Å². The maximum absolute atomic E-state index is 12.5. The minimum absolute atomic E-state index is 0.0345. The van der Waals surface area contributed by atoms with Gasteiger partial charge in [0.25, 0.3) is 5.91 Å². The molecular weight excluding hydrogens is 276 g/mol. The van der Waals surface area contributed by atoms with Crippen molar-refractivity contribution in [3.8, 4) is 0 Å². The van der Waals surface area contributed by atoms with E-state index in [-0.39, 0.29) is 18.6 Å². The average Bonchev–Trinajstić information content (AvgIpc) is 2.55. The van der Waals surface area contributed by atoms with Crippen molar-refractivity contribution in [1.82, 2.24) is 5.32 Å². The molecule has 1 aliphatic rings. The van der Waals surface area contributed by atoms with Crippen molar-refractivity contribution in [2.75, 3.05) is 25.6 Å². The van der Waals surface area contributed by atoms with E-state index in [9.17, 15) is 9.90 Å². The molecule has 0 spiro atoms. The molecule has 0 radical (unpaired) electrons. The lowest BCUT2D eigenvalue weighted by Gasteiger charge is -2.30. The Morgan fingerprint density at radius 2 is 2.05 bits per heavy atom. The third-order valence-electron chi connectivity index (χ3n) is 4.60. The number of nitrogens with one attached hydrogen (secondary N) is 1. The first-order valence-corrected chi connectivity index (χ1v) is 8.31. The van der Waals surface area contributed by atoms with Crippen LogP contribution < -0.4 is 10.2 Å². The number of carbonyl (C=O) groups is 1. The zero-order valence-electron chi connectivity index (χ0n) is 13.7. The van der Waals surface area contributed by atoms with Crippen LogP contribution in [0.15, 0.2) is 24.3 Å². The van der Waals surface area contributed by atoms with Crippen LogP contribution in [0.5, 0.6) is 0 Å². The van der Waals surface area contributed by atoms with E-state index in [2.05, 4.69) is 5.32 Å². The largest absolute Gasteiger partial charge is 0.396 e. The summed E-state index contributed by atoms with van der Waals surface area (Å²) in [7, 11) is 3.93. The number of anilines is 1. The van der Waals surface area contributed by atoms with E-state index in [4.69, 9.17) is 0 Å². The molecule has 2 N–H and O–H groups in total. The van der Waals surface area contributed by atoms with E-state index in [0.29, 0.717) is 17.9 Å². The van der Waals surface area contributed by atoms with Gasteiger partial charge in [-0.1, -0.05) is 25.3 Å². The Labute approximate surface area is 133 Å². The number of rotatable bonds is 6. The summed E-state index contributed by atoms with van der Waals surface area (Å²) in [6.07, 6.45) is 6.72. The molecule has 0 aliphatic heterocycles. The van der Waals surface area contributed by atoms with Gasteiger partial charge in [0.15, 0.2) is 0 Å². The van der Waals surface area contributed by atoms with Crippen LogP contribution in [0.4, 0.5) is 5.69 Å². The number of hydrogen-bond acceptors (Lipinski definition) is 3. The molecule has 0 bridgehead atoms. The average molecular weight is 304 g/mol. The minimum atomic E-state index is -0.0345. The molecule has 122 valence electrons. The third-order valence-corrected chi connectivity index (χ3v) is 4.60. The lowest BCUT2D eigenvalue weighted by molar-refractivity contribution is 0.0899. The normalized spacial score (nSPS) is 17.0. The highest BCUT2D eigenvalue weighted by Gasteiger charge is 2.25. The molecule has 1 aromatic carbocycles. The number of benzene rings is 1. The van der Waals surface area contributed by atoms with Gasteiger partial charge in [-0.2, -0.15) is 0 Å². The molecule has 0 aromatic heterocycles. The van der Waals surface area contributed by atoms with Crippen LogP contribution in [0.3, 0.4) is 0 Å². The van der Waals surface area contributed by atoms with Crippen molar-refractivity contribution in [1.29, 1.82) is 0 Å². The van der Waals surface area contributed by atoms with Gasteiger partial charge in [0.1, 0.15) is 0 Å². The number of aliphatic hydroxyl groups excluding tert-OH is 1. The Kier molecular flexibility index (Phi) is 6.25. The second-order valence-corrected chi connectivity index (χ2v) is 6.44. The van der Waals surface area contributed by atoms with Crippen LogP contribution in [0.1, 0.15) is 48.9 Å². The first-order valence-electron chi connectivity index (χ1n) is 8.31. The van der Waals surface area contributed by atoms with Crippen molar-refractivity contribution >= 4 is 11.6 Å². The van der Waals surface area contributed by atoms with Crippen molar-refractivity contribution in [3.63, 3.8) is 0 Å². The maximum atomic E-state index is 12.5. The fourth-order valence-electron chi connectivity index (χ4n) is 3.28. The summed E-state index contributed by atoms with van der Waals surface area (Å²) in [4.78, 5) is 14.5. The van der Waals surface area contributed by atoms with E-state index in [0.717, 1.165) is 18.5 Å². The summed E-state index contributed by atoms with van der Waals surface area (Å²) in [6.45, 7) is 0.124. The van der Waals surface area contributed by atoms with Gasteiger partial charge in [-0.25, -0.2) is 0 Å². The molecule has 4 heteroatoms. The molecule has 1 fully saturated rings. The van der Waals surface area contributed by atoms with Gasteiger partial charge < -0.3 is 15.3 Å². The lowest BCUT2D eigenvalue weighted by atomic mass is 9.82. The monoisotopic (exact) mass is 304 g/mol. The van der Waals surface area contributed by atoms with E-state index in [1.54, 1.807) is 0 Å². The van der Waals surface area contributed by atoms with Crippen molar-refractivity contribution in [2.45, 2.75) is 44.6 Å². The molecule has 0 heterocycles. The van der Waals surface area contributed by atoms with Crippen LogP contribution in [-0.4, -0.2) is 37.8 Å². The number of aliphatic hydroxyl groups is 1. The molecule has 1 aromatic rings. The van der Waals surface area contributed by atoms with Gasteiger partial charge >= 0.3 is 0 Å². The van der Waals surface area contributed by atoms with Crippen LogP contribution >= 0.6 is 0 Å². The van der Waals surface area contributed by atoms with Crippen LogP contribution in [0.2, 0.25) is 0 Å². The molecule has 22 heavy (non-hydrogen) atoms. The summed E-state index contributed by atoms with van der Waals surface area (Å²) < 4.78 is 0. The minimum Gasteiger partial charge on any atom is -0.396 e. The summed E-state index contributed by atoms with van der Waals surface area (Å²) >= 11 is 0. The van der Waals surface area contributed by atoms with Gasteiger partial charge in [-0.15, -0.1) is 0 Å². The van der Waals surface area contributed by atoms with Crippen LogP contribution in [-0.2, 0) is 0 Å². The van der Waals surface area contributed by atoms with Gasteiger partial charge in [-0.05, 0) is 43.4 Å². The number of nitrogens with zero attached hydrogens (tertiary/aromatic N) is 1. The van der Waals surface area contributed by atoms with Crippen molar-refractivity contribution < 1.29 is 9.90 Å². The van der Waals surface area contributed by atoms with Crippen LogP contribution in [0, 0.1) is 5.92 Å². The molecule has 0 saturated heterocycles. The third kappa shape index (κ3) is 4.47. The maximum Gasteiger partial charge on any atom is 0.251 e. The van der Waals surface area contributed by atoms with Gasteiger partial charge in [0.05, 0.1) is 0 Å². The molecule has 1 unspecified atom stereocenters. The first kappa shape index (κ1) is 16.8. The number of carbonyl (C=O) groups excluding carboxylic acids is 1. The molecule has 1 aliphatic carbocycles. The molecular formula is C18H28N2O2. The topological polar surface area (TPSA) is 52.6 Å². The van der Waals surface area contributed by atoms with E-state index in [1.807, 2.05) is 43.3 Å². The van der Waals surface area contributed by atoms with Crippen molar-refractivity contribution in [2.24, 2.45) is 5.92 Å². The number of amides is 1. The fraction of sp³-hybridized carbons (Fsp3) is 0.611. The summed E-state index contributed by atoms with van der Waals surface area (Å²) in [5.74, 6) is 0.467. The summed E-state index contributed by atoms with van der Waals surface area (Å²) in [5.41, 5.74) is 1.70. The molecule has 1 amide bonds. The summed E-state index contributed by atoms with van der Waals surface area (Å²) in [5, 5.41) is 12.5. The quantitative estimate of drug-likeness (QED) is 0.849. The second kappa shape index (κ2) is 8.18. The Bertz CT molecular complexity index is 482. The van der Waals surface area contributed by atoms with Gasteiger partial charge in [0.2, 0.25) is 0 Å². The highest BCUT2D eigenvalue weighted by Crippen LogP contribution is 2.28. The molecule has 2 rings (SSSR count). The Hall–Kier alpha value is -1.55. The Morgan fingerprint density at radius 1 is 1.32 bits per heavy atom. The predicted octanol–water partition coefficient (Wildman–Crippen LogP) is 2.81. The van der Waals surface area contributed by atoms with Crippen molar-refractivity contribution in [3.05, 3.63) is 29.8 Å². The highest BCUT2D eigenvalue weighted by molar-refractivity contribution is 5.95. The molecule has 1 atom stereocenters. The molecule has 1 saturated carbocycles. The zero-order chi connectivity index (χ0) is 15.9. The Balaban J connectivity index is 2.05. The van der Waals surface area contributed by atoms with Gasteiger partial charge in [0, 0.05) is 38.0 Å². The van der Waals surface area contributed by atoms with Crippen LogP contribution in [0.25, 0.3) is 0 Å². The van der Waals surface area contributed by atoms with E-state index in [1.165, 1.54) is 19.3 Å². The number of hydrogen-bond donors (Lipinski definition) is 2. The zero-order valence-corrected chi connectivity index (χ0v) is 13.7. The second-order valence-electron chi connectivity index (χ2n) is 6.44. The van der Waals surface area contributed by atoms with E-state index < -0.39 is 0 Å².